The smallest absolute Gasteiger partial charge is 0.223 e. The fraction of sp³-hybridized carbons (Fsp3) is 0.667. The molecule has 5 nitrogen and oxygen atoms in total. The number of nitrogens with two attached hydrogens (primary N) is 1. The van der Waals surface area contributed by atoms with Gasteiger partial charge in [-0.15, -0.1) is 0 Å². The van der Waals surface area contributed by atoms with E-state index in [1.54, 1.807) is 6.92 Å². The van der Waals surface area contributed by atoms with E-state index in [4.69, 9.17) is 10.5 Å². The molecule has 78 valence electrons. The van der Waals surface area contributed by atoms with Crippen molar-refractivity contribution in [1.29, 1.82) is 0 Å². The second-order valence-corrected chi connectivity index (χ2v) is 3.51. The van der Waals surface area contributed by atoms with E-state index in [-0.39, 0.29) is 5.95 Å². The largest absolute Gasteiger partial charge is 0.368 e. The maximum absolute atomic E-state index is 5.53. The first-order chi connectivity index (χ1) is 6.45. The zero-order chi connectivity index (χ0) is 10.8. The van der Waals surface area contributed by atoms with Gasteiger partial charge in [0.2, 0.25) is 5.95 Å². The van der Waals surface area contributed by atoms with Gasteiger partial charge < -0.3 is 10.5 Å². The van der Waals surface area contributed by atoms with E-state index in [1.807, 2.05) is 20.8 Å². The van der Waals surface area contributed by atoms with Crippen LogP contribution in [0.4, 0.5) is 5.95 Å². The first kappa shape index (κ1) is 10.8. The van der Waals surface area contributed by atoms with Crippen molar-refractivity contribution in [2.75, 3.05) is 12.3 Å². The number of rotatable bonds is 3. The SMILES string of the molecule is CCOC(C)(C)c1nc(C)nc(N)n1. The lowest BCUT2D eigenvalue weighted by Crippen LogP contribution is -2.26. The van der Waals surface area contributed by atoms with E-state index in [0.717, 1.165) is 0 Å². The number of nitrogen functional groups attached to an aromatic ring is 1. The molecule has 14 heavy (non-hydrogen) atoms. The van der Waals surface area contributed by atoms with Crippen molar-refractivity contribution in [2.45, 2.75) is 33.3 Å². The molecule has 0 saturated heterocycles. The number of hydrogen-bond acceptors (Lipinski definition) is 5. The molecule has 0 unspecified atom stereocenters. The van der Waals surface area contributed by atoms with Crippen molar-refractivity contribution < 1.29 is 4.74 Å². The Morgan fingerprint density at radius 1 is 1.29 bits per heavy atom. The van der Waals surface area contributed by atoms with Crippen molar-refractivity contribution in [3.8, 4) is 0 Å². The molecule has 0 aliphatic heterocycles. The molecule has 0 bridgehead atoms. The minimum atomic E-state index is -0.517. The molecular formula is C9H16N4O. The Bertz CT molecular complexity index is 304. The molecule has 0 amide bonds. The fourth-order valence-corrected chi connectivity index (χ4v) is 1.20. The molecule has 1 heterocycles. The second-order valence-electron chi connectivity index (χ2n) is 3.51. The summed E-state index contributed by atoms with van der Waals surface area (Å²) in [5.74, 6) is 1.42. The summed E-state index contributed by atoms with van der Waals surface area (Å²) in [4.78, 5) is 12.2. The topological polar surface area (TPSA) is 73.9 Å². The van der Waals surface area contributed by atoms with Gasteiger partial charge in [-0.05, 0) is 27.7 Å². The molecule has 0 aliphatic rings. The van der Waals surface area contributed by atoms with Crippen LogP contribution in [-0.2, 0) is 10.3 Å². The van der Waals surface area contributed by atoms with Crippen LogP contribution in [0.1, 0.15) is 32.4 Å². The Morgan fingerprint density at radius 3 is 2.43 bits per heavy atom. The van der Waals surface area contributed by atoms with Gasteiger partial charge in [0.05, 0.1) is 0 Å². The molecule has 1 aromatic rings. The van der Waals surface area contributed by atoms with Crippen molar-refractivity contribution in [1.82, 2.24) is 15.0 Å². The van der Waals surface area contributed by atoms with Crippen LogP contribution in [0.25, 0.3) is 0 Å². The summed E-state index contributed by atoms with van der Waals surface area (Å²) < 4.78 is 5.52. The molecule has 5 heteroatoms. The lowest BCUT2D eigenvalue weighted by molar-refractivity contribution is -0.0209. The zero-order valence-corrected chi connectivity index (χ0v) is 9.03. The predicted molar refractivity (Wildman–Crippen MR) is 53.6 cm³/mol. The average Bonchev–Trinajstić information content (AvgIpc) is 2.02. The summed E-state index contributed by atoms with van der Waals surface area (Å²) >= 11 is 0. The zero-order valence-electron chi connectivity index (χ0n) is 9.03. The minimum Gasteiger partial charge on any atom is -0.368 e. The molecule has 2 N–H and O–H groups in total. The maximum Gasteiger partial charge on any atom is 0.223 e. The summed E-state index contributed by atoms with van der Waals surface area (Å²) in [5.41, 5.74) is 5.02. The molecule has 0 aromatic carbocycles. The summed E-state index contributed by atoms with van der Waals surface area (Å²) in [6, 6.07) is 0. The average molecular weight is 196 g/mol. The van der Waals surface area contributed by atoms with Crippen molar-refractivity contribution in [3.63, 3.8) is 0 Å². The Hall–Kier alpha value is -1.23. The Kier molecular flexibility index (Phi) is 3.00. The molecule has 0 saturated carbocycles. The Morgan fingerprint density at radius 2 is 1.93 bits per heavy atom. The van der Waals surface area contributed by atoms with Gasteiger partial charge in [0.25, 0.3) is 0 Å². The van der Waals surface area contributed by atoms with Crippen LogP contribution in [0.2, 0.25) is 0 Å². The molecule has 0 fully saturated rings. The van der Waals surface area contributed by atoms with Gasteiger partial charge >= 0.3 is 0 Å². The quantitative estimate of drug-likeness (QED) is 0.781. The van der Waals surface area contributed by atoms with Gasteiger partial charge in [0, 0.05) is 6.61 Å². The Labute approximate surface area is 83.7 Å². The van der Waals surface area contributed by atoms with Crippen LogP contribution >= 0.6 is 0 Å². The lowest BCUT2D eigenvalue weighted by atomic mass is 10.1. The fourth-order valence-electron chi connectivity index (χ4n) is 1.20. The van der Waals surface area contributed by atoms with Crippen LogP contribution in [0.3, 0.4) is 0 Å². The monoisotopic (exact) mass is 196 g/mol. The van der Waals surface area contributed by atoms with E-state index in [2.05, 4.69) is 15.0 Å². The van der Waals surface area contributed by atoms with Crippen LogP contribution in [0, 0.1) is 6.92 Å². The molecule has 0 radical (unpaired) electrons. The second kappa shape index (κ2) is 3.88. The highest BCUT2D eigenvalue weighted by molar-refractivity contribution is 5.17. The van der Waals surface area contributed by atoms with E-state index in [0.29, 0.717) is 18.3 Å². The number of aromatic nitrogens is 3. The molecule has 1 aromatic heterocycles. The van der Waals surface area contributed by atoms with E-state index in [1.165, 1.54) is 0 Å². The highest BCUT2D eigenvalue weighted by Gasteiger charge is 2.24. The molecule has 0 atom stereocenters. The number of aryl methyl sites for hydroxylation is 1. The molecule has 0 spiro atoms. The Balaban J connectivity index is 3.05. The minimum absolute atomic E-state index is 0.236. The highest BCUT2D eigenvalue weighted by atomic mass is 16.5. The third kappa shape index (κ3) is 2.38. The summed E-state index contributed by atoms with van der Waals surface area (Å²) in [6.45, 7) is 8.13. The van der Waals surface area contributed by atoms with Gasteiger partial charge in [-0.2, -0.15) is 9.97 Å². The first-order valence-corrected chi connectivity index (χ1v) is 4.58. The van der Waals surface area contributed by atoms with Crippen LogP contribution < -0.4 is 5.73 Å². The van der Waals surface area contributed by atoms with Crippen molar-refractivity contribution in [2.24, 2.45) is 0 Å². The molecule has 1 rings (SSSR count). The van der Waals surface area contributed by atoms with Gasteiger partial charge in [-0.1, -0.05) is 0 Å². The molecular weight excluding hydrogens is 180 g/mol. The number of ether oxygens (including phenoxy) is 1. The van der Waals surface area contributed by atoms with E-state index >= 15 is 0 Å². The van der Waals surface area contributed by atoms with Gasteiger partial charge in [-0.3, -0.25) is 0 Å². The number of nitrogens with zero attached hydrogens (tertiary/aromatic N) is 3. The first-order valence-electron chi connectivity index (χ1n) is 4.58. The highest BCUT2D eigenvalue weighted by Crippen LogP contribution is 2.20. The van der Waals surface area contributed by atoms with Gasteiger partial charge in [0.15, 0.2) is 5.82 Å². The van der Waals surface area contributed by atoms with Crippen LogP contribution in [0.5, 0.6) is 0 Å². The number of hydrogen-bond donors (Lipinski definition) is 1. The van der Waals surface area contributed by atoms with Crippen LogP contribution in [-0.4, -0.2) is 21.6 Å². The summed E-state index contributed by atoms with van der Waals surface area (Å²) in [6.07, 6.45) is 0. The lowest BCUT2D eigenvalue weighted by Gasteiger charge is -2.22. The third-order valence-electron chi connectivity index (χ3n) is 1.81. The predicted octanol–water partition coefficient (Wildman–Crippen LogP) is 1.03. The van der Waals surface area contributed by atoms with Crippen LogP contribution in [0.15, 0.2) is 0 Å². The van der Waals surface area contributed by atoms with E-state index in [9.17, 15) is 0 Å². The van der Waals surface area contributed by atoms with Crippen molar-refractivity contribution in [3.05, 3.63) is 11.6 Å². The van der Waals surface area contributed by atoms with E-state index < -0.39 is 5.60 Å². The molecule has 0 aliphatic carbocycles. The maximum atomic E-state index is 5.53. The third-order valence-corrected chi connectivity index (χ3v) is 1.81. The number of anilines is 1. The summed E-state index contributed by atoms with van der Waals surface area (Å²) in [5, 5.41) is 0. The van der Waals surface area contributed by atoms with Gasteiger partial charge in [0.1, 0.15) is 11.4 Å². The van der Waals surface area contributed by atoms with Gasteiger partial charge in [-0.25, -0.2) is 4.98 Å². The standard InChI is InChI=1S/C9H16N4O/c1-5-14-9(3,4)7-11-6(2)12-8(10)13-7/h5H2,1-4H3,(H2,10,11,12,13). The summed E-state index contributed by atoms with van der Waals surface area (Å²) in [7, 11) is 0. The normalized spacial score (nSPS) is 11.7. The van der Waals surface area contributed by atoms with Crippen molar-refractivity contribution >= 4 is 5.95 Å².